The van der Waals surface area contributed by atoms with Crippen LogP contribution < -0.4 is 16.8 Å². The van der Waals surface area contributed by atoms with Crippen molar-refractivity contribution in [3.8, 4) is 0 Å². The molecule has 5 nitrogen and oxygen atoms in total. The zero-order valence-electron chi connectivity index (χ0n) is 8.66. The van der Waals surface area contributed by atoms with Crippen LogP contribution in [0.1, 0.15) is 17.3 Å². The molecule has 16 heavy (non-hydrogen) atoms. The molecule has 86 valence electrons. The lowest BCUT2D eigenvalue weighted by Crippen LogP contribution is -2.42. The minimum Gasteiger partial charge on any atom is -0.397 e. The highest BCUT2D eigenvalue weighted by atomic mass is 35.5. The summed E-state index contributed by atoms with van der Waals surface area (Å²) in [4.78, 5) is 22.4. The Bertz CT molecular complexity index is 434. The number of nitrogens with one attached hydrogen (secondary N) is 1. The number of para-hydroxylation sites is 1. The minimum atomic E-state index is -0.758. The van der Waals surface area contributed by atoms with Gasteiger partial charge in [-0.3, -0.25) is 9.59 Å². The normalized spacial score (nSPS) is 11.9. The monoisotopic (exact) mass is 241 g/mol. The van der Waals surface area contributed by atoms with Crippen LogP contribution in [-0.4, -0.2) is 17.9 Å². The Kier molecular flexibility index (Phi) is 3.73. The third-order valence-corrected chi connectivity index (χ3v) is 2.40. The van der Waals surface area contributed by atoms with Gasteiger partial charge in [-0.25, -0.2) is 0 Å². The molecule has 1 aromatic rings. The standard InChI is InChI=1S/C10H12ClN3O2/c1-5(9(13)15)14-10(16)6-3-2-4-7(11)8(6)12/h2-5H,12H2,1H3,(H2,13,15)(H,14,16). The van der Waals surface area contributed by atoms with Crippen molar-refractivity contribution in [3.05, 3.63) is 28.8 Å². The molecule has 0 aliphatic rings. The molecule has 0 spiro atoms. The quantitative estimate of drug-likeness (QED) is 0.673. The van der Waals surface area contributed by atoms with Crippen LogP contribution in [0.25, 0.3) is 0 Å². The van der Waals surface area contributed by atoms with Crippen molar-refractivity contribution in [2.24, 2.45) is 5.73 Å². The van der Waals surface area contributed by atoms with Gasteiger partial charge in [0.1, 0.15) is 6.04 Å². The molecular weight excluding hydrogens is 230 g/mol. The Morgan fingerprint density at radius 1 is 1.44 bits per heavy atom. The van der Waals surface area contributed by atoms with E-state index < -0.39 is 17.9 Å². The second-order valence-electron chi connectivity index (χ2n) is 3.30. The fourth-order valence-corrected chi connectivity index (χ4v) is 1.26. The van der Waals surface area contributed by atoms with Crippen LogP contribution in [0.5, 0.6) is 0 Å². The SMILES string of the molecule is CC(NC(=O)c1cccc(Cl)c1N)C(N)=O. The summed E-state index contributed by atoms with van der Waals surface area (Å²) in [5.41, 5.74) is 11.0. The third-order valence-electron chi connectivity index (χ3n) is 2.07. The maximum Gasteiger partial charge on any atom is 0.254 e. The van der Waals surface area contributed by atoms with Gasteiger partial charge in [0.2, 0.25) is 5.91 Å². The highest BCUT2D eigenvalue weighted by Gasteiger charge is 2.16. The van der Waals surface area contributed by atoms with Crippen molar-refractivity contribution < 1.29 is 9.59 Å². The van der Waals surface area contributed by atoms with Crippen molar-refractivity contribution in [2.75, 3.05) is 5.73 Å². The largest absolute Gasteiger partial charge is 0.397 e. The maximum absolute atomic E-state index is 11.7. The van der Waals surface area contributed by atoms with Gasteiger partial charge in [0.25, 0.3) is 5.91 Å². The summed E-state index contributed by atoms with van der Waals surface area (Å²) in [7, 11) is 0. The summed E-state index contributed by atoms with van der Waals surface area (Å²) < 4.78 is 0. The average Bonchev–Trinajstić information content (AvgIpc) is 2.21. The molecule has 0 saturated carbocycles. The van der Waals surface area contributed by atoms with Crippen LogP contribution in [0, 0.1) is 0 Å². The van der Waals surface area contributed by atoms with Gasteiger partial charge in [0.15, 0.2) is 0 Å². The number of hydrogen-bond acceptors (Lipinski definition) is 3. The lowest BCUT2D eigenvalue weighted by molar-refractivity contribution is -0.119. The molecule has 6 heteroatoms. The van der Waals surface area contributed by atoms with Gasteiger partial charge in [0, 0.05) is 0 Å². The van der Waals surface area contributed by atoms with Crippen molar-refractivity contribution in [1.29, 1.82) is 0 Å². The first-order chi connectivity index (χ1) is 7.43. The molecule has 0 fully saturated rings. The van der Waals surface area contributed by atoms with E-state index in [0.717, 1.165) is 0 Å². The van der Waals surface area contributed by atoms with Gasteiger partial charge in [-0.2, -0.15) is 0 Å². The van der Waals surface area contributed by atoms with E-state index in [4.69, 9.17) is 23.1 Å². The summed E-state index contributed by atoms with van der Waals surface area (Å²) in [6.07, 6.45) is 0. The van der Waals surface area contributed by atoms with Crippen molar-refractivity contribution in [1.82, 2.24) is 5.32 Å². The molecule has 0 heterocycles. The van der Waals surface area contributed by atoms with Crippen LogP contribution in [0.4, 0.5) is 5.69 Å². The third kappa shape index (κ3) is 2.64. The number of hydrogen-bond donors (Lipinski definition) is 3. The number of anilines is 1. The fourth-order valence-electron chi connectivity index (χ4n) is 1.08. The van der Waals surface area contributed by atoms with E-state index in [1.165, 1.54) is 13.0 Å². The van der Waals surface area contributed by atoms with E-state index in [0.29, 0.717) is 5.02 Å². The van der Waals surface area contributed by atoms with Crippen LogP contribution >= 0.6 is 11.6 Å². The van der Waals surface area contributed by atoms with Gasteiger partial charge < -0.3 is 16.8 Å². The van der Waals surface area contributed by atoms with E-state index >= 15 is 0 Å². The van der Waals surface area contributed by atoms with Gasteiger partial charge in [-0.15, -0.1) is 0 Å². The molecule has 1 atom stereocenters. The minimum absolute atomic E-state index is 0.179. The fraction of sp³-hybridized carbons (Fsp3) is 0.200. The van der Waals surface area contributed by atoms with Gasteiger partial charge >= 0.3 is 0 Å². The summed E-state index contributed by atoms with van der Waals surface area (Å²) >= 11 is 5.76. The summed E-state index contributed by atoms with van der Waals surface area (Å²) in [6.45, 7) is 1.49. The van der Waals surface area contributed by atoms with Crippen molar-refractivity contribution >= 4 is 29.1 Å². The molecule has 1 unspecified atom stereocenters. The van der Waals surface area contributed by atoms with Crippen LogP contribution in [0.15, 0.2) is 18.2 Å². The smallest absolute Gasteiger partial charge is 0.254 e. The van der Waals surface area contributed by atoms with Gasteiger partial charge in [0.05, 0.1) is 16.3 Å². The topological polar surface area (TPSA) is 98.2 Å². The number of primary amides is 1. The average molecular weight is 242 g/mol. The van der Waals surface area contributed by atoms with E-state index in [-0.39, 0.29) is 11.3 Å². The Morgan fingerprint density at radius 2 is 2.06 bits per heavy atom. The first kappa shape index (κ1) is 12.3. The van der Waals surface area contributed by atoms with E-state index in [1.54, 1.807) is 12.1 Å². The number of nitrogen functional groups attached to an aromatic ring is 1. The molecule has 0 aromatic heterocycles. The second-order valence-corrected chi connectivity index (χ2v) is 3.71. The Labute approximate surface area is 97.7 Å². The molecular formula is C10H12ClN3O2. The molecule has 1 rings (SSSR count). The molecule has 0 bridgehead atoms. The molecule has 0 aliphatic carbocycles. The number of rotatable bonds is 3. The van der Waals surface area contributed by atoms with Gasteiger partial charge in [-0.1, -0.05) is 17.7 Å². The highest BCUT2D eigenvalue weighted by Crippen LogP contribution is 2.22. The molecule has 1 aromatic carbocycles. The van der Waals surface area contributed by atoms with E-state index in [2.05, 4.69) is 5.32 Å². The predicted molar refractivity (Wildman–Crippen MR) is 62.0 cm³/mol. The van der Waals surface area contributed by atoms with Crippen LogP contribution in [-0.2, 0) is 4.79 Å². The zero-order valence-corrected chi connectivity index (χ0v) is 9.41. The lowest BCUT2D eigenvalue weighted by Gasteiger charge is -2.11. The molecule has 2 amide bonds. The molecule has 0 saturated heterocycles. The number of amides is 2. The van der Waals surface area contributed by atoms with Crippen LogP contribution in [0.2, 0.25) is 5.02 Å². The number of halogens is 1. The number of carbonyl (C=O) groups excluding carboxylic acids is 2. The number of benzene rings is 1. The van der Waals surface area contributed by atoms with E-state index in [9.17, 15) is 9.59 Å². The maximum atomic E-state index is 11.7. The molecule has 0 radical (unpaired) electrons. The Balaban J connectivity index is 2.89. The van der Waals surface area contributed by atoms with Gasteiger partial charge in [-0.05, 0) is 19.1 Å². The molecule has 0 aliphatic heterocycles. The van der Waals surface area contributed by atoms with Crippen LogP contribution in [0.3, 0.4) is 0 Å². The Morgan fingerprint density at radius 3 is 2.62 bits per heavy atom. The summed E-state index contributed by atoms with van der Waals surface area (Å²) in [5, 5.41) is 2.70. The number of nitrogens with two attached hydrogens (primary N) is 2. The predicted octanol–water partition coefficient (Wildman–Crippen LogP) is 0.526. The summed E-state index contributed by atoms with van der Waals surface area (Å²) in [6, 6.07) is 3.93. The lowest BCUT2D eigenvalue weighted by atomic mass is 10.1. The van der Waals surface area contributed by atoms with Crippen molar-refractivity contribution in [3.63, 3.8) is 0 Å². The van der Waals surface area contributed by atoms with E-state index in [1.807, 2.05) is 0 Å². The zero-order chi connectivity index (χ0) is 12.3. The summed E-state index contributed by atoms with van der Waals surface area (Å²) in [5.74, 6) is -1.10. The molecule has 5 N–H and O–H groups in total. The van der Waals surface area contributed by atoms with Crippen molar-refractivity contribution in [2.45, 2.75) is 13.0 Å². The second kappa shape index (κ2) is 4.85. The first-order valence-corrected chi connectivity index (χ1v) is 4.95. The first-order valence-electron chi connectivity index (χ1n) is 4.57. The Hall–Kier alpha value is -1.75. The number of carbonyl (C=O) groups is 2. The highest BCUT2D eigenvalue weighted by molar-refractivity contribution is 6.33.